The van der Waals surface area contributed by atoms with Crippen molar-refractivity contribution in [1.82, 2.24) is 0 Å². The lowest BCUT2D eigenvalue weighted by molar-refractivity contribution is 0.352. The lowest BCUT2D eigenvalue weighted by Gasteiger charge is -2.15. The molecule has 2 aliphatic rings. The number of hydrogen-bond acceptors (Lipinski definition) is 0. The summed E-state index contributed by atoms with van der Waals surface area (Å²) < 4.78 is 0. The molecule has 0 amide bonds. The molecule has 2 saturated carbocycles. The van der Waals surface area contributed by atoms with Crippen LogP contribution in [0.4, 0.5) is 0 Å². The highest BCUT2D eigenvalue weighted by atomic mass is 35.5. The first kappa shape index (κ1) is 10.7. The van der Waals surface area contributed by atoms with E-state index in [1.54, 1.807) is 0 Å². The zero-order valence-corrected chi connectivity index (χ0v) is 10.8. The molecule has 0 spiro atoms. The maximum Gasteiger partial charge on any atom is 0.0443 e. The van der Waals surface area contributed by atoms with Crippen LogP contribution in [0.15, 0.2) is 24.3 Å². The van der Waals surface area contributed by atoms with Gasteiger partial charge >= 0.3 is 0 Å². The Bertz CT molecular complexity index is 410. The quantitative estimate of drug-likeness (QED) is 0.698. The van der Waals surface area contributed by atoms with Crippen LogP contribution in [0.25, 0.3) is 0 Å². The predicted octanol–water partition coefficient (Wildman–Crippen LogP) is 4.66. The number of fused-ring (bicyclic) bond motifs is 1. The van der Waals surface area contributed by atoms with E-state index in [9.17, 15) is 0 Å². The van der Waals surface area contributed by atoms with Crippen molar-refractivity contribution in [2.24, 2.45) is 17.8 Å². The fraction of sp³-hybridized carbons (Fsp3) is 0.600. The fourth-order valence-corrected chi connectivity index (χ4v) is 4.24. The third-order valence-electron chi connectivity index (χ3n) is 4.84. The van der Waals surface area contributed by atoms with Crippen LogP contribution in [-0.2, 0) is 5.41 Å². The Morgan fingerprint density at radius 3 is 2.62 bits per heavy atom. The molecule has 1 aromatic rings. The first-order chi connectivity index (χ1) is 7.65. The van der Waals surface area contributed by atoms with E-state index in [1.807, 2.05) is 12.1 Å². The van der Waals surface area contributed by atoms with Crippen molar-refractivity contribution in [2.75, 3.05) is 0 Å². The van der Waals surface area contributed by atoms with E-state index in [0.29, 0.717) is 5.41 Å². The minimum Gasteiger partial charge on any atom is -0.0840 e. The Kier molecular flexibility index (Phi) is 2.33. The minimum atomic E-state index is 0.466. The van der Waals surface area contributed by atoms with Crippen LogP contribution < -0.4 is 0 Å². The molecule has 2 aliphatic carbocycles. The lowest BCUT2D eigenvalue weighted by Crippen LogP contribution is -2.09. The SMILES string of the molecule is CC(C)[C@@H]1CC[C@]2(c3ccccc3Cl)CC12. The topological polar surface area (TPSA) is 0 Å². The van der Waals surface area contributed by atoms with Crippen molar-refractivity contribution in [3.63, 3.8) is 0 Å². The molecule has 2 fully saturated rings. The molecule has 0 N–H and O–H groups in total. The van der Waals surface area contributed by atoms with Crippen molar-refractivity contribution >= 4 is 11.6 Å². The number of halogens is 1. The third-order valence-corrected chi connectivity index (χ3v) is 5.17. The second-order valence-electron chi connectivity index (χ2n) is 5.89. The van der Waals surface area contributed by atoms with Gasteiger partial charge in [-0.15, -0.1) is 0 Å². The molecule has 0 saturated heterocycles. The van der Waals surface area contributed by atoms with Gasteiger partial charge in [0.05, 0.1) is 0 Å². The molecule has 3 rings (SSSR count). The minimum absolute atomic E-state index is 0.466. The van der Waals surface area contributed by atoms with Gasteiger partial charge in [-0.3, -0.25) is 0 Å². The van der Waals surface area contributed by atoms with Crippen molar-refractivity contribution in [3.8, 4) is 0 Å². The molecule has 86 valence electrons. The zero-order chi connectivity index (χ0) is 11.3. The first-order valence-corrected chi connectivity index (χ1v) is 6.78. The van der Waals surface area contributed by atoms with Crippen molar-refractivity contribution < 1.29 is 0 Å². The van der Waals surface area contributed by atoms with E-state index in [-0.39, 0.29) is 0 Å². The monoisotopic (exact) mass is 234 g/mol. The van der Waals surface area contributed by atoms with Crippen LogP contribution in [0, 0.1) is 17.8 Å². The van der Waals surface area contributed by atoms with Crippen molar-refractivity contribution in [1.29, 1.82) is 0 Å². The van der Waals surface area contributed by atoms with Gasteiger partial charge in [0.1, 0.15) is 0 Å². The van der Waals surface area contributed by atoms with Crippen molar-refractivity contribution in [2.45, 2.75) is 38.5 Å². The Balaban J connectivity index is 1.92. The van der Waals surface area contributed by atoms with E-state index in [1.165, 1.54) is 24.8 Å². The van der Waals surface area contributed by atoms with Gasteiger partial charge in [0.15, 0.2) is 0 Å². The summed E-state index contributed by atoms with van der Waals surface area (Å²) in [6.07, 6.45) is 4.12. The standard InChI is InChI=1S/C15H19Cl/c1-10(2)11-7-8-15(9-13(11)15)12-5-3-4-6-14(12)16/h3-6,10-11,13H,7-9H2,1-2H3/t11-,13?,15+/m0/s1. The van der Waals surface area contributed by atoms with Crippen LogP contribution in [0.3, 0.4) is 0 Å². The Labute approximate surface area is 103 Å². The maximum absolute atomic E-state index is 6.35. The second-order valence-corrected chi connectivity index (χ2v) is 6.30. The smallest absolute Gasteiger partial charge is 0.0443 e. The number of rotatable bonds is 2. The molecule has 0 radical (unpaired) electrons. The highest BCUT2D eigenvalue weighted by molar-refractivity contribution is 6.31. The highest BCUT2D eigenvalue weighted by Crippen LogP contribution is 2.68. The van der Waals surface area contributed by atoms with E-state index < -0.39 is 0 Å². The average molecular weight is 235 g/mol. The second kappa shape index (κ2) is 3.50. The molecule has 0 heterocycles. The van der Waals surface area contributed by atoms with E-state index in [4.69, 9.17) is 11.6 Å². The summed E-state index contributed by atoms with van der Waals surface area (Å²) in [5, 5.41) is 0.981. The third kappa shape index (κ3) is 1.35. The number of hydrogen-bond donors (Lipinski definition) is 0. The van der Waals surface area contributed by atoms with E-state index in [0.717, 1.165) is 22.8 Å². The number of benzene rings is 1. The Morgan fingerprint density at radius 1 is 1.31 bits per heavy atom. The van der Waals surface area contributed by atoms with Gasteiger partial charge < -0.3 is 0 Å². The largest absolute Gasteiger partial charge is 0.0840 e. The molecule has 16 heavy (non-hydrogen) atoms. The van der Waals surface area contributed by atoms with Gasteiger partial charge in [0.2, 0.25) is 0 Å². The molecule has 0 bridgehead atoms. The molecule has 0 nitrogen and oxygen atoms in total. The lowest BCUT2D eigenvalue weighted by atomic mass is 9.91. The van der Waals surface area contributed by atoms with Crippen LogP contribution in [0.5, 0.6) is 0 Å². The predicted molar refractivity (Wildman–Crippen MR) is 68.8 cm³/mol. The highest BCUT2D eigenvalue weighted by Gasteiger charge is 2.62. The summed E-state index contributed by atoms with van der Waals surface area (Å²) in [5.74, 6) is 2.67. The molecule has 1 aromatic carbocycles. The van der Waals surface area contributed by atoms with E-state index >= 15 is 0 Å². The molecule has 3 atom stereocenters. The summed E-state index contributed by atoms with van der Waals surface area (Å²) >= 11 is 6.35. The summed E-state index contributed by atoms with van der Waals surface area (Å²) in [7, 11) is 0. The summed E-state index contributed by atoms with van der Waals surface area (Å²) in [4.78, 5) is 0. The normalized spacial score (nSPS) is 36.5. The van der Waals surface area contributed by atoms with Gasteiger partial charge in [0.25, 0.3) is 0 Å². The molecule has 0 aliphatic heterocycles. The summed E-state index contributed by atoms with van der Waals surface area (Å²) in [5.41, 5.74) is 1.89. The van der Waals surface area contributed by atoms with Crippen LogP contribution in [-0.4, -0.2) is 0 Å². The fourth-order valence-electron chi connectivity index (χ4n) is 3.91. The van der Waals surface area contributed by atoms with Crippen molar-refractivity contribution in [3.05, 3.63) is 34.9 Å². The van der Waals surface area contributed by atoms with E-state index in [2.05, 4.69) is 26.0 Å². The zero-order valence-electron chi connectivity index (χ0n) is 10.0. The summed E-state index contributed by atoms with van der Waals surface area (Å²) in [6, 6.07) is 8.46. The molecular weight excluding hydrogens is 216 g/mol. The van der Waals surface area contributed by atoms with Crippen LogP contribution >= 0.6 is 11.6 Å². The molecule has 1 heteroatoms. The Morgan fingerprint density at radius 2 is 2.06 bits per heavy atom. The van der Waals surface area contributed by atoms with Gasteiger partial charge in [-0.2, -0.15) is 0 Å². The van der Waals surface area contributed by atoms with Gasteiger partial charge in [-0.1, -0.05) is 43.6 Å². The molecule has 0 aromatic heterocycles. The van der Waals surface area contributed by atoms with Gasteiger partial charge in [-0.25, -0.2) is 0 Å². The Hall–Kier alpha value is -0.490. The van der Waals surface area contributed by atoms with Gasteiger partial charge in [-0.05, 0) is 48.6 Å². The first-order valence-electron chi connectivity index (χ1n) is 6.40. The summed E-state index contributed by atoms with van der Waals surface area (Å²) in [6.45, 7) is 4.73. The maximum atomic E-state index is 6.35. The van der Waals surface area contributed by atoms with Crippen LogP contribution in [0.2, 0.25) is 5.02 Å². The molecular formula is C15H19Cl. The molecule has 1 unspecified atom stereocenters. The van der Waals surface area contributed by atoms with Crippen LogP contribution in [0.1, 0.15) is 38.7 Å². The average Bonchev–Trinajstić information content (AvgIpc) is 2.85. The van der Waals surface area contributed by atoms with Gasteiger partial charge in [0, 0.05) is 10.4 Å².